The standard InChI is InChI=1S/C14H20N2O2/c1-9-4-3-5-12(13(9)15)14(18)16-7-6-11(8-16)10(2)17/h3-5,10-11,17H,6-8,15H2,1-2H3. The Bertz CT molecular complexity index is 457. The van der Waals surface area contributed by atoms with Crippen molar-refractivity contribution in [2.24, 2.45) is 5.92 Å². The molecule has 2 atom stereocenters. The van der Waals surface area contributed by atoms with Gasteiger partial charge >= 0.3 is 0 Å². The molecule has 0 saturated carbocycles. The average molecular weight is 248 g/mol. The Hall–Kier alpha value is -1.55. The number of aliphatic hydroxyl groups excluding tert-OH is 1. The summed E-state index contributed by atoms with van der Waals surface area (Å²) in [4.78, 5) is 14.1. The van der Waals surface area contributed by atoms with Crippen LogP contribution in [0.25, 0.3) is 0 Å². The molecule has 0 aliphatic carbocycles. The molecule has 3 N–H and O–H groups in total. The fraction of sp³-hybridized carbons (Fsp3) is 0.500. The second-order valence-electron chi connectivity index (χ2n) is 5.08. The lowest BCUT2D eigenvalue weighted by molar-refractivity contribution is 0.0763. The van der Waals surface area contributed by atoms with Crippen molar-refractivity contribution in [3.8, 4) is 0 Å². The number of likely N-dealkylation sites (tertiary alicyclic amines) is 1. The molecule has 2 unspecified atom stereocenters. The van der Waals surface area contributed by atoms with Crippen LogP contribution in [-0.4, -0.2) is 35.1 Å². The largest absolute Gasteiger partial charge is 0.398 e. The lowest BCUT2D eigenvalue weighted by Crippen LogP contribution is -2.31. The molecule has 1 amide bonds. The number of hydrogen-bond acceptors (Lipinski definition) is 3. The van der Waals surface area contributed by atoms with Gasteiger partial charge in [0, 0.05) is 24.7 Å². The number of aryl methyl sites for hydroxylation is 1. The Morgan fingerprint density at radius 3 is 2.89 bits per heavy atom. The van der Waals surface area contributed by atoms with Gasteiger partial charge in [-0.05, 0) is 31.9 Å². The summed E-state index contributed by atoms with van der Waals surface area (Å²) >= 11 is 0. The van der Waals surface area contributed by atoms with E-state index in [1.54, 1.807) is 17.9 Å². The number of nitrogen functional groups attached to an aromatic ring is 1. The highest BCUT2D eigenvalue weighted by molar-refractivity contribution is 5.99. The van der Waals surface area contributed by atoms with Gasteiger partial charge in [0.05, 0.1) is 11.7 Å². The van der Waals surface area contributed by atoms with Crippen LogP contribution in [-0.2, 0) is 0 Å². The zero-order valence-corrected chi connectivity index (χ0v) is 10.9. The van der Waals surface area contributed by atoms with Crippen molar-refractivity contribution >= 4 is 11.6 Å². The number of rotatable bonds is 2. The van der Waals surface area contributed by atoms with Gasteiger partial charge in [0.1, 0.15) is 0 Å². The molecular formula is C14H20N2O2. The first-order valence-corrected chi connectivity index (χ1v) is 6.33. The van der Waals surface area contributed by atoms with Gasteiger partial charge < -0.3 is 15.7 Å². The quantitative estimate of drug-likeness (QED) is 0.778. The lowest BCUT2D eigenvalue weighted by atomic mass is 10.0. The summed E-state index contributed by atoms with van der Waals surface area (Å²) in [5.74, 6) is 0.152. The predicted octanol–water partition coefficient (Wildman–Crippen LogP) is 1.42. The van der Waals surface area contributed by atoms with Gasteiger partial charge in [0.15, 0.2) is 0 Å². The highest BCUT2D eigenvalue weighted by atomic mass is 16.3. The van der Waals surface area contributed by atoms with Crippen molar-refractivity contribution in [2.75, 3.05) is 18.8 Å². The van der Waals surface area contributed by atoms with Crippen LogP contribution in [0.3, 0.4) is 0 Å². The minimum atomic E-state index is -0.363. The molecule has 1 aromatic carbocycles. The molecule has 0 aromatic heterocycles. The Morgan fingerprint density at radius 2 is 2.28 bits per heavy atom. The van der Waals surface area contributed by atoms with Gasteiger partial charge in [-0.2, -0.15) is 0 Å². The molecule has 0 bridgehead atoms. The molecule has 0 radical (unpaired) electrons. The fourth-order valence-corrected chi connectivity index (χ4v) is 2.40. The minimum absolute atomic E-state index is 0.0284. The van der Waals surface area contributed by atoms with Gasteiger partial charge in [0.25, 0.3) is 5.91 Å². The number of anilines is 1. The molecule has 1 heterocycles. The minimum Gasteiger partial charge on any atom is -0.398 e. The van der Waals surface area contributed by atoms with E-state index in [0.29, 0.717) is 24.3 Å². The smallest absolute Gasteiger partial charge is 0.255 e. The summed E-state index contributed by atoms with van der Waals surface area (Å²) < 4.78 is 0. The van der Waals surface area contributed by atoms with E-state index in [2.05, 4.69) is 0 Å². The maximum absolute atomic E-state index is 12.4. The summed E-state index contributed by atoms with van der Waals surface area (Å²) in [7, 11) is 0. The number of carbonyl (C=O) groups excluding carboxylic acids is 1. The van der Waals surface area contributed by atoms with Gasteiger partial charge in [-0.25, -0.2) is 0 Å². The summed E-state index contributed by atoms with van der Waals surface area (Å²) in [6, 6.07) is 5.51. The van der Waals surface area contributed by atoms with Crippen molar-refractivity contribution in [1.82, 2.24) is 4.90 Å². The van der Waals surface area contributed by atoms with Crippen LogP contribution in [0.5, 0.6) is 0 Å². The molecule has 1 aromatic rings. The first kappa shape index (κ1) is 12.9. The van der Waals surface area contributed by atoms with Gasteiger partial charge in [-0.15, -0.1) is 0 Å². The zero-order valence-electron chi connectivity index (χ0n) is 10.9. The number of amides is 1. The number of nitrogens with two attached hydrogens (primary N) is 1. The maximum atomic E-state index is 12.4. The van der Waals surface area contributed by atoms with Crippen LogP contribution >= 0.6 is 0 Å². The molecule has 1 fully saturated rings. The van der Waals surface area contributed by atoms with Gasteiger partial charge in [0.2, 0.25) is 0 Å². The topological polar surface area (TPSA) is 66.6 Å². The van der Waals surface area contributed by atoms with Crippen molar-refractivity contribution in [3.05, 3.63) is 29.3 Å². The molecule has 1 saturated heterocycles. The summed E-state index contributed by atoms with van der Waals surface area (Å²) in [6.07, 6.45) is 0.493. The molecule has 18 heavy (non-hydrogen) atoms. The van der Waals surface area contributed by atoms with Crippen molar-refractivity contribution in [3.63, 3.8) is 0 Å². The Balaban J connectivity index is 2.16. The Morgan fingerprint density at radius 1 is 1.56 bits per heavy atom. The SMILES string of the molecule is Cc1cccc(C(=O)N2CCC(C(C)O)C2)c1N. The summed E-state index contributed by atoms with van der Waals surface area (Å²) in [5.41, 5.74) is 8.00. The molecule has 2 rings (SSSR count). The van der Waals surface area contributed by atoms with Crippen LogP contribution in [0.2, 0.25) is 0 Å². The molecular weight excluding hydrogens is 228 g/mol. The zero-order chi connectivity index (χ0) is 13.3. The number of nitrogens with zero attached hydrogens (tertiary/aromatic N) is 1. The molecule has 1 aliphatic heterocycles. The van der Waals surface area contributed by atoms with E-state index in [1.165, 1.54) is 0 Å². The second kappa shape index (κ2) is 4.98. The molecule has 1 aliphatic rings. The highest BCUT2D eigenvalue weighted by Crippen LogP contribution is 2.24. The Labute approximate surface area is 107 Å². The van der Waals surface area contributed by atoms with Gasteiger partial charge in [-0.1, -0.05) is 12.1 Å². The normalized spacial score (nSPS) is 21.1. The van der Waals surface area contributed by atoms with Crippen LogP contribution in [0.15, 0.2) is 18.2 Å². The number of benzene rings is 1. The van der Waals surface area contributed by atoms with E-state index in [0.717, 1.165) is 12.0 Å². The summed E-state index contributed by atoms with van der Waals surface area (Å²) in [5, 5.41) is 9.56. The van der Waals surface area contributed by atoms with Crippen molar-refractivity contribution in [1.29, 1.82) is 0 Å². The number of hydrogen-bond donors (Lipinski definition) is 2. The van der Waals surface area contributed by atoms with Gasteiger partial charge in [-0.3, -0.25) is 4.79 Å². The monoisotopic (exact) mass is 248 g/mol. The number of aliphatic hydroxyl groups is 1. The molecule has 4 nitrogen and oxygen atoms in total. The third kappa shape index (κ3) is 2.34. The van der Waals surface area contributed by atoms with Crippen molar-refractivity contribution < 1.29 is 9.90 Å². The lowest BCUT2D eigenvalue weighted by Gasteiger charge is -2.19. The third-order valence-electron chi connectivity index (χ3n) is 3.75. The van der Waals surface area contributed by atoms with Crippen molar-refractivity contribution in [2.45, 2.75) is 26.4 Å². The predicted molar refractivity (Wildman–Crippen MR) is 71.3 cm³/mol. The Kier molecular flexibility index (Phi) is 3.57. The van der Waals surface area contributed by atoms with Crippen LogP contribution in [0.4, 0.5) is 5.69 Å². The molecule has 98 valence electrons. The first-order chi connectivity index (χ1) is 8.50. The second-order valence-corrected chi connectivity index (χ2v) is 5.08. The van der Waals surface area contributed by atoms with E-state index < -0.39 is 0 Å². The number of carbonyl (C=O) groups is 1. The summed E-state index contributed by atoms with van der Waals surface area (Å²) in [6.45, 7) is 4.99. The number of para-hydroxylation sites is 1. The highest BCUT2D eigenvalue weighted by Gasteiger charge is 2.30. The molecule has 0 spiro atoms. The molecule has 4 heteroatoms. The van der Waals surface area contributed by atoms with E-state index in [1.807, 2.05) is 19.1 Å². The van der Waals surface area contributed by atoms with E-state index in [9.17, 15) is 9.90 Å². The van der Waals surface area contributed by atoms with Crippen LogP contribution in [0, 0.1) is 12.8 Å². The van der Waals surface area contributed by atoms with Crippen LogP contribution in [0.1, 0.15) is 29.3 Å². The fourth-order valence-electron chi connectivity index (χ4n) is 2.40. The van der Waals surface area contributed by atoms with E-state index >= 15 is 0 Å². The van der Waals surface area contributed by atoms with E-state index in [-0.39, 0.29) is 17.9 Å². The maximum Gasteiger partial charge on any atom is 0.255 e. The van der Waals surface area contributed by atoms with E-state index in [4.69, 9.17) is 5.73 Å². The average Bonchev–Trinajstić information content (AvgIpc) is 2.81. The third-order valence-corrected chi connectivity index (χ3v) is 3.75. The van der Waals surface area contributed by atoms with Crippen LogP contribution < -0.4 is 5.73 Å². The first-order valence-electron chi connectivity index (χ1n) is 6.33.